The van der Waals surface area contributed by atoms with Gasteiger partial charge in [-0.05, 0) is 46.0 Å². The maximum atomic E-state index is 12.9. The molecule has 4 nitrogen and oxygen atoms in total. The maximum Gasteiger partial charge on any atom is 0.252 e. The molecule has 1 aromatic heterocycles. The minimum atomic E-state index is -0.329. The number of ether oxygens (including phenoxy) is 1. The molecule has 1 amide bonds. The molecule has 0 unspecified atom stereocenters. The summed E-state index contributed by atoms with van der Waals surface area (Å²) < 4.78 is 6.01. The summed E-state index contributed by atoms with van der Waals surface area (Å²) in [6, 6.07) is 0.148. The fraction of sp³-hybridized carbons (Fsp3) is 0.765. The standard InChI is InChI=1S/C17H26N2O2S/c1-12-11-22-16(18-12)15-9-5-6-10-19(15)17(20)13(2)21-14-7-3-4-8-14/h11,13-15H,3-10H2,1-2H3/t13-,15+/m0/s1. The highest BCUT2D eigenvalue weighted by atomic mass is 32.1. The number of likely N-dealkylation sites (tertiary alicyclic amines) is 1. The molecular formula is C17H26N2O2S. The molecule has 2 atom stereocenters. The molecule has 3 rings (SSSR count). The van der Waals surface area contributed by atoms with Crippen LogP contribution in [0.5, 0.6) is 0 Å². The van der Waals surface area contributed by atoms with Crippen molar-refractivity contribution in [3.05, 3.63) is 16.1 Å². The topological polar surface area (TPSA) is 42.4 Å². The van der Waals surface area contributed by atoms with Gasteiger partial charge in [-0.3, -0.25) is 4.79 Å². The van der Waals surface area contributed by atoms with Crippen LogP contribution in [0.25, 0.3) is 0 Å². The Hall–Kier alpha value is -0.940. The van der Waals surface area contributed by atoms with Crippen LogP contribution in [0, 0.1) is 6.92 Å². The minimum Gasteiger partial charge on any atom is -0.365 e. The SMILES string of the molecule is Cc1csc([C@H]2CCCCN2C(=O)[C@H](C)OC2CCCC2)n1. The number of hydrogen-bond acceptors (Lipinski definition) is 4. The third kappa shape index (κ3) is 3.51. The number of hydrogen-bond donors (Lipinski definition) is 0. The normalized spacial score (nSPS) is 24.6. The van der Waals surface area contributed by atoms with Crippen molar-refractivity contribution in [3.8, 4) is 0 Å². The van der Waals surface area contributed by atoms with E-state index in [2.05, 4.69) is 10.4 Å². The molecule has 0 spiro atoms. The maximum absolute atomic E-state index is 12.9. The Morgan fingerprint density at radius 1 is 1.32 bits per heavy atom. The largest absolute Gasteiger partial charge is 0.365 e. The quantitative estimate of drug-likeness (QED) is 0.845. The summed E-state index contributed by atoms with van der Waals surface area (Å²) in [5, 5.41) is 3.16. The van der Waals surface area contributed by atoms with E-state index in [1.54, 1.807) is 11.3 Å². The lowest BCUT2D eigenvalue weighted by atomic mass is 10.0. The molecule has 122 valence electrons. The Kier molecular flexibility index (Phi) is 5.14. The number of carbonyl (C=O) groups is 1. The van der Waals surface area contributed by atoms with Gasteiger partial charge in [0, 0.05) is 17.6 Å². The number of carbonyl (C=O) groups excluding carboxylic acids is 1. The lowest BCUT2D eigenvalue weighted by Crippen LogP contribution is -2.44. The number of piperidine rings is 1. The van der Waals surface area contributed by atoms with Crippen LogP contribution in [-0.2, 0) is 9.53 Å². The van der Waals surface area contributed by atoms with Gasteiger partial charge < -0.3 is 9.64 Å². The fourth-order valence-corrected chi connectivity index (χ4v) is 4.53. The Bertz CT molecular complexity index is 511. The molecule has 0 bridgehead atoms. The zero-order valence-corrected chi connectivity index (χ0v) is 14.4. The second kappa shape index (κ2) is 7.09. The van der Waals surface area contributed by atoms with Crippen molar-refractivity contribution < 1.29 is 9.53 Å². The van der Waals surface area contributed by atoms with Crippen LogP contribution in [0.1, 0.15) is 68.6 Å². The van der Waals surface area contributed by atoms with Crippen molar-refractivity contribution in [3.63, 3.8) is 0 Å². The lowest BCUT2D eigenvalue weighted by Gasteiger charge is -2.36. The fourth-order valence-electron chi connectivity index (χ4n) is 3.58. The predicted octanol–water partition coefficient (Wildman–Crippen LogP) is 3.85. The average molecular weight is 322 g/mol. The van der Waals surface area contributed by atoms with Gasteiger partial charge in [0.05, 0.1) is 12.1 Å². The second-order valence-corrected chi connectivity index (χ2v) is 7.44. The van der Waals surface area contributed by atoms with Crippen molar-refractivity contribution in [2.45, 2.75) is 77.0 Å². The summed E-state index contributed by atoms with van der Waals surface area (Å²) in [4.78, 5) is 19.5. The van der Waals surface area contributed by atoms with Gasteiger partial charge >= 0.3 is 0 Å². The van der Waals surface area contributed by atoms with E-state index in [-0.39, 0.29) is 24.2 Å². The minimum absolute atomic E-state index is 0.143. The summed E-state index contributed by atoms with van der Waals surface area (Å²) in [6.45, 7) is 4.76. The first-order chi connectivity index (χ1) is 10.6. The van der Waals surface area contributed by atoms with Crippen LogP contribution in [0.4, 0.5) is 0 Å². The molecule has 0 N–H and O–H groups in total. The number of aromatic nitrogens is 1. The molecule has 1 saturated carbocycles. The molecule has 0 radical (unpaired) electrons. The summed E-state index contributed by atoms with van der Waals surface area (Å²) in [5.74, 6) is 0.143. The van der Waals surface area contributed by atoms with Gasteiger partial charge in [0.15, 0.2) is 0 Å². The molecule has 1 aliphatic heterocycles. The summed E-state index contributed by atoms with van der Waals surface area (Å²) in [6.07, 6.45) is 7.91. The number of amides is 1. The summed E-state index contributed by atoms with van der Waals surface area (Å²) in [5.41, 5.74) is 1.05. The first-order valence-corrected chi connectivity index (χ1v) is 9.41. The van der Waals surface area contributed by atoms with Crippen LogP contribution in [-0.4, -0.2) is 34.5 Å². The van der Waals surface area contributed by atoms with Gasteiger partial charge in [-0.1, -0.05) is 12.8 Å². The zero-order chi connectivity index (χ0) is 15.5. The number of thiazole rings is 1. The molecule has 1 saturated heterocycles. The molecular weight excluding hydrogens is 296 g/mol. The van der Waals surface area contributed by atoms with E-state index in [0.717, 1.165) is 42.9 Å². The number of nitrogens with zero attached hydrogens (tertiary/aromatic N) is 2. The van der Waals surface area contributed by atoms with Gasteiger partial charge in [-0.15, -0.1) is 11.3 Å². The summed E-state index contributed by atoms with van der Waals surface area (Å²) >= 11 is 1.68. The van der Waals surface area contributed by atoms with Gasteiger partial charge in [-0.2, -0.15) is 0 Å². The number of aryl methyl sites for hydroxylation is 1. The Morgan fingerprint density at radius 2 is 2.05 bits per heavy atom. The van der Waals surface area contributed by atoms with Crippen molar-refractivity contribution >= 4 is 17.2 Å². The average Bonchev–Trinajstić information content (AvgIpc) is 3.18. The van der Waals surface area contributed by atoms with Gasteiger partial charge in [0.1, 0.15) is 11.1 Å². The van der Waals surface area contributed by atoms with Crippen LogP contribution in [0.2, 0.25) is 0 Å². The van der Waals surface area contributed by atoms with Crippen LogP contribution in [0.15, 0.2) is 5.38 Å². The van der Waals surface area contributed by atoms with Crippen molar-refractivity contribution in [1.29, 1.82) is 0 Å². The molecule has 5 heteroatoms. The van der Waals surface area contributed by atoms with Gasteiger partial charge in [-0.25, -0.2) is 4.98 Å². The first kappa shape index (κ1) is 15.9. The van der Waals surface area contributed by atoms with Crippen molar-refractivity contribution in [2.75, 3.05) is 6.54 Å². The highest BCUT2D eigenvalue weighted by Crippen LogP contribution is 2.33. The Balaban J connectivity index is 1.67. The van der Waals surface area contributed by atoms with Crippen molar-refractivity contribution in [1.82, 2.24) is 9.88 Å². The van der Waals surface area contributed by atoms with E-state index in [1.807, 2.05) is 18.7 Å². The third-order valence-corrected chi connectivity index (χ3v) is 5.82. The Morgan fingerprint density at radius 3 is 2.73 bits per heavy atom. The molecule has 2 fully saturated rings. The number of rotatable bonds is 4. The lowest BCUT2D eigenvalue weighted by molar-refractivity contribution is -0.150. The molecule has 1 aliphatic carbocycles. The van der Waals surface area contributed by atoms with E-state index >= 15 is 0 Å². The van der Waals surface area contributed by atoms with E-state index in [4.69, 9.17) is 4.74 Å². The molecule has 22 heavy (non-hydrogen) atoms. The second-order valence-electron chi connectivity index (χ2n) is 6.56. The van der Waals surface area contributed by atoms with Crippen LogP contribution >= 0.6 is 11.3 Å². The third-order valence-electron chi connectivity index (χ3n) is 4.75. The van der Waals surface area contributed by atoms with E-state index in [1.165, 1.54) is 19.3 Å². The highest BCUT2D eigenvalue weighted by Gasteiger charge is 2.33. The highest BCUT2D eigenvalue weighted by molar-refractivity contribution is 7.09. The summed E-state index contributed by atoms with van der Waals surface area (Å²) in [7, 11) is 0. The van der Waals surface area contributed by atoms with Gasteiger partial charge in [0.25, 0.3) is 5.91 Å². The Labute approximate surface area is 136 Å². The molecule has 2 heterocycles. The smallest absolute Gasteiger partial charge is 0.252 e. The van der Waals surface area contributed by atoms with E-state index in [0.29, 0.717) is 0 Å². The molecule has 0 aromatic carbocycles. The van der Waals surface area contributed by atoms with Crippen molar-refractivity contribution in [2.24, 2.45) is 0 Å². The molecule has 1 aromatic rings. The van der Waals surface area contributed by atoms with Gasteiger partial charge in [0.2, 0.25) is 0 Å². The van der Waals surface area contributed by atoms with Crippen LogP contribution < -0.4 is 0 Å². The first-order valence-electron chi connectivity index (χ1n) is 8.53. The predicted molar refractivity (Wildman–Crippen MR) is 88.0 cm³/mol. The zero-order valence-electron chi connectivity index (χ0n) is 13.6. The monoisotopic (exact) mass is 322 g/mol. The van der Waals surface area contributed by atoms with E-state index < -0.39 is 0 Å². The van der Waals surface area contributed by atoms with Crippen LogP contribution in [0.3, 0.4) is 0 Å². The molecule has 2 aliphatic rings. The van der Waals surface area contributed by atoms with E-state index in [9.17, 15) is 4.79 Å².